The lowest BCUT2D eigenvalue weighted by Gasteiger charge is -2.41. The van der Waals surface area contributed by atoms with E-state index in [2.05, 4.69) is 42.6 Å². The number of amides is 1. The monoisotopic (exact) mass is 427 g/mol. The zero-order valence-electron chi connectivity index (χ0n) is 18.5. The van der Waals surface area contributed by atoms with Gasteiger partial charge in [0.2, 0.25) is 5.91 Å². The normalized spacial score (nSPS) is 25.6. The molecule has 1 aromatic rings. The van der Waals surface area contributed by atoms with Crippen LogP contribution in [0, 0.1) is 34.3 Å². The van der Waals surface area contributed by atoms with Gasteiger partial charge in [-0.2, -0.15) is 10.2 Å². The molecule has 1 N–H and O–H groups in total. The average Bonchev–Trinajstić information content (AvgIpc) is 3.50. The highest BCUT2D eigenvalue weighted by atomic mass is 19.1. The lowest BCUT2D eigenvalue weighted by Crippen LogP contribution is -2.47. The van der Waals surface area contributed by atoms with Gasteiger partial charge in [0.05, 0.1) is 16.7 Å². The highest BCUT2D eigenvalue weighted by Crippen LogP contribution is 2.58. The maximum atomic E-state index is 14.4. The molecule has 6 heteroatoms. The summed E-state index contributed by atoms with van der Waals surface area (Å²) in [6.07, 6.45) is 6.61. The van der Waals surface area contributed by atoms with Crippen molar-refractivity contribution in [1.29, 1.82) is 0 Å². The van der Waals surface area contributed by atoms with E-state index in [1.54, 1.807) is 6.08 Å². The van der Waals surface area contributed by atoms with Crippen LogP contribution in [0.5, 0.6) is 0 Å². The minimum absolute atomic E-state index is 0.0445. The Balaban J connectivity index is 1.89. The molecule has 2 saturated carbocycles. The van der Waals surface area contributed by atoms with E-state index < -0.39 is 22.5 Å². The molecule has 1 amide bonds. The first-order chi connectivity index (χ1) is 14.6. The first-order valence-electron chi connectivity index (χ1n) is 10.8. The molecule has 1 aromatic carbocycles. The second-order valence-electron chi connectivity index (χ2n) is 9.40. The van der Waals surface area contributed by atoms with Gasteiger partial charge in [-0.1, -0.05) is 40.0 Å². The number of rotatable bonds is 8. The molecule has 4 nitrogen and oxygen atoms in total. The van der Waals surface area contributed by atoms with Gasteiger partial charge in [0.1, 0.15) is 11.6 Å². The molecule has 2 atom stereocenters. The van der Waals surface area contributed by atoms with Gasteiger partial charge in [-0.25, -0.2) is 8.78 Å². The predicted molar refractivity (Wildman–Crippen MR) is 119 cm³/mol. The Labute approximate surface area is 183 Å². The smallest absolute Gasteiger partial charge is 0.226 e. The van der Waals surface area contributed by atoms with Crippen molar-refractivity contribution in [3.63, 3.8) is 0 Å². The van der Waals surface area contributed by atoms with Crippen LogP contribution in [0.15, 0.2) is 59.4 Å². The zero-order valence-corrected chi connectivity index (χ0v) is 18.5. The summed E-state index contributed by atoms with van der Waals surface area (Å²) >= 11 is 0. The molecule has 0 heterocycles. The number of hydrogen-bond donors (Lipinski definition) is 1. The van der Waals surface area contributed by atoms with Crippen LogP contribution >= 0.6 is 0 Å². The van der Waals surface area contributed by atoms with Crippen molar-refractivity contribution < 1.29 is 13.6 Å². The van der Waals surface area contributed by atoms with Crippen LogP contribution in [0.2, 0.25) is 0 Å². The van der Waals surface area contributed by atoms with Crippen LogP contribution in [-0.2, 0) is 4.79 Å². The summed E-state index contributed by atoms with van der Waals surface area (Å²) in [5, 5.41) is 10.8. The Bertz CT molecular complexity index is 926. The zero-order chi connectivity index (χ0) is 22.8. The molecule has 0 saturated heterocycles. The van der Waals surface area contributed by atoms with Crippen molar-refractivity contribution in [3.05, 3.63) is 66.4 Å². The van der Waals surface area contributed by atoms with E-state index in [0.717, 1.165) is 13.0 Å². The Morgan fingerprint density at radius 3 is 2.45 bits per heavy atom. The van der Waals surface area contributed by atoms with Gasteiger partial charge in [-0.3, -0.25) is 4.79 Å². The number of hydrogen-bond acceptors (Lipinski definition) is 3. The molecular weight excluding hydrogens is 396 g/mol. The van der Waals surface area contributed by atoms with Crippen molar-refractivity contribution in [1.82, 2.24) is 5.32 Å². The van der Waals surface area contributed by atoms with E-state index in [9.17, 15) is 13.6 Å². The lowest BCUT2D eigenvalue weighted by molar-refractivity contribution is -0.135. The van der Waals surface area contributed by atoms with Crippen molar-refractivity contribution in [2.75, 3.05) is 6.54 Å². The number of halogens is 2. The van der Waals surface area contributed by atoms with Gasteiger partial charge in [-0.05, 0) is 66.7 Å². The predicted octanol–water partition coefficient (Wildman–Crippen LogP) is 6.43. The van der Waals surface area contributed by atoms with E-state index in [0.29, 0.717) is 17.9 Å². The molecule has 166 valence electrons. The van der Waals surface area contributed by atoms with Gasteiger partial charge < -0.3 is 5.32 Å². The van der Waals surface area contributed by atoms with Crippen LogP contribution in [0.25, 0.3) is 5.70 Å². The summed E-state index contributed by atoms with van der Waals surface area (Å²) in [6, 6.07) is 3.66. The van der Waals surface area contributed by atoms with Crippen LogP contribution < -0.4 is 5.32 Å². The summed E-state index contributed by atoms with van der Waals surface area (Å²) in [6.45, 7) is 14.5. The molecule has 1 unspecified atom stereocenters. The second-order valence-corrected chi connectivity index (χ2v) is 9.40. The van der Waals surface area contributed by atoms with Gasteiger partial charge in [0, 0.05) is 12.7 Å². The summed E-state index contributed by atoms with van der Waals surface area (Å²) < 4.78 is 28.8. The SMILES string of the molecule is C=CN=N/C(=C\C(=C)C1CC[C@](C)(C(=O)NCC2CC2)C1(C)C)c1c(F)cccc1F. The summed E-state index contributed by atoms with van der Waals surface area (Å²) in [4.78, 5) is 13.1. The second kappa shape index (κ2) is 8.85. The number of azo groups is 1. The van der Waals surface area contributed by atoms with Crippen LogP contribution in [0.1, 0.15) is 52.0 Å². The Morgan fingerprint density at radius 1 is 1.23 bits per heavy atom. The topological polar surface area (TPSA) is 53.8 Å². The molecule has 31 heavy (non-hydrogen) atoms. The van der Waals surface area contributed by atoms with E-state index in [4.69, 9.17) is 0 Å². The molecule has 0 spiro atoms. The fourth-order valence-corrected chi connectivity index (χ4v) is 4.58. The first kappa shape index (κ1) is 23.0. The third-order valence-corrected chi connectivity index (χ3v) is 7.21. The number of carbonyl (C=O) groups is 1. The standard InChI is InChI=1S/C25H31F2N3O/c1-6-29-30-21(22-19(26)8-7-9-20(22)27)14-16(2)18-12-13-25(5,24(18,3)4)23(31)28-15-17-10-11-17/h6-9,14,17-18H,1-2,10-13,15H2,3-5H3,(H,28,31)/b21-14-,30-29?/t18?,25-/m1/s1. The maximum Gasteiger partial charge on any atom is 0.226 e. The van der Waals surface area contributed by atoms with Crippen molar-refractivity contribution in [3.8, 4) is 0 Å². The third-order valence-electron chi connectivity index (χ3n) is 7.21. The highest BCUT2D eigenvalue weighted by Gasteiger charge is 2.56. The van der Waals surface area contributed by atoms with Crippen molar-refractivity contribution in [2.45, 2.75) is 46.5 Å². The van der Waals surface area contributed by atoms with Gasteiger partial charge in [0.25, 0.3) is 0 Å². The van der Waals surface area contributed by atoms with Gasteiger partial charge >= 0.3 is 0 Å². The molecule has 2 aliphatic rings. The molecular formula is C25H31F2N3O. The molecule has 0 aromatic heterocycles. The number of nitrogens with one attached hydrogen (secondary N) is 1. The van der Waals surface area contributed by atoms with E-state index >= 15 is 0 Å². The fraction of sp³-hybridized carbons (Fsp3) is 0.480. The minimum atomic E-state index is -0.725. The molecule has 2 fully saturated rings. The largest absolute Gasteiger partial charge is 0.355 e. The van der Waals surface area contributed by atoms with E-state index in [-0.39, 0.29) is 23.1 Å². The number of nitrogens with zero attached hydrogens (tertiary/aromatic N) is 2. The summed E-state index contributed by atoms with van der Waals surface area (Å²) in [7, 11) is 0. The van der Waals surface area contributed by atoms with Gasteiger partial charge in [-0.15, -0.1) is 0 Å². The Morgan fingerprint density at radius 2 is 1.87 bits per heavy atom. The maximum absolute atomic E-state index is 14.4. The van der Waals surface area contributed by atoms with Crippen LogP contribution in [0.3, 0.4) is 0 Å². The lowest BCUT2D eigenvalue weighted by atomic mass is 9.63. The quantitative estimate of drug-likeness (QED) is 0.377. The minimum Gasteiger partial charge on any atom is -0.355 e. The van der Waals surface area contributed by atoms with E-state index in [1.165, 1.54) is 37.2 Å². The molecule has 2 aliphatic carbocycles. The Kier molecular flexibility index (Phi) is 6.58. The van der Waals surface area contributed by atoms with Crippen molar-refractivity contribution >= 4 is 11.6 Å². The highest BCUT2D eigenvalue weighted by molar-refractivity contribution is 5.84. The average molecular weight is 428 g/mol. The molecule has 0 aliphatic heterocycles. The molecule has 0 bridgehead atoms. The van der Waals surface area contributed by atoms with Crippen LogP contribution in [0.4, 0.5) is 8.78 Å². The summed E-state index contributed by atoms with van der Waals surface area (Å²) in [5.41, 5.74) is -0.500. The number of carbonyl (C=O) groups excluding carboxylic acids is 1. The van der Waals surface area contributed by atoms with Crippen LogP contribution in [-0.4, -0.2) is 12.5 Å². The van der Waals surface area contributed by atoms with Gasteiger partial charge in [0.15, 0.2) is 0 Å². The first-order valence-corrected chi connectivity index (χ1v) is 10.8. The Hall–Kier alpha value is -2.63. The van der Waals surface area contributed by atoms with Crippen molar-refractivity contribution in [2.24, 2.45) is 32.9 Å². The molecule has 3 rings (SSSR count). The fourth-order valence-electron chi connectivity index (χ4n) is 4.58. The number of allylic oxidation sites excluding steroid dienone is 2. The summed E-state index contributed by atoms with van der Waals surface area (Å²) in [5.74, 6) is -0.823. The molecule has 0 radical (unpaired) electrons. The number of benzene rings is 1. The van der Waals surface area contributed by atoms with E-state index in [1.807, 2.05) is 6.92 Å². The third kappa shape index (κ3) is 4.53.